The lowest BCUT2D eigenvalue weighted by atomic mass is 10.0. The van der Waals surface area contributed by atoms with Crippen molar-refractivity contribution in [2.75, 3.05) is 10.8 Å². The van der Waals surface area contributed by atoms with E-state index in [0.717, 1.165) is 9.87 Å². The van der Waals surface area contributed by atoms with E-state index in [4.69, 9.17) is 34.8 Å². The van der Waals surface area contributed by atoms with Gasteiger partial charge in [0.15, 0.2) is 0 Å². The number of sulfonamides is 1. The summed E-state index contributed by atoms with van der Waals surface area (Å²) in [5.41, 5.74) is 2.22. The molecule has 0 saturated heterocycles. The number of hydrogen-bond acceptors (Lipinski definition) is 4. The summed E-state index contributed by atoms with van der Waals surface area (Å²) in [6.07, 6.45) is 0.866. The molecule has 242 valence electrons. The van der Waals surface area contributed by atoms with Crippen molar-refractivity contribution in [3.63, 3.8) is 0 Å². The second kappa shape index (κ2) is 15.8. The van der Waals surface area contributed by atoms with Gasteiger partial charge in [-0.15, -0.1) is 0 Å². The lowest BCUT2D eigenvalue weighted by Crippen LogP contribution is -2.54. The highest BCUT2D eigenvalue weighted by atomic mass is 35.5. The van der Waals surface area contributed by atoms with E-state index in [1.54, 1.807) is 61.5 Å². The van der Waals surface area contributed by atoms with E-state index >= 15 is 0 Å². The molecule has 0 aliphatic heterocycles. The van der Waals surface area contributed by atoms with Gasteiger partial charge in [-0.2, -0.15) is 0 Å². The molecule has 7 nitrogen and oxygen atoms in total. The lowest BCUT2D eigenvalue weighted by molar-refractivity contribution is -0.140. The minimum Gasteiger partial charge on any atom is -0.352 e. The minimum atomic E-state index is -4.23. The number of carbonyl (C=O) groups is 2. The maximum absolute atomic E-state index is 14.6. The molecule has 11 heteroatoms. The van der Waals surface area contributed by atoms with Crippen LogP contribution in [0.25, 0.3) is 0 Å². The lowest BCUT2D eigenvalue weighted by Gasteiger charge is -2.34. The monoisotopic (exact) mass is 699 g/mol. The highest BCUT2D eigenvalue weighted by Gasteiger charge is 2.35. The first-order valence-electron chi connectivity index (χ1n) is 14.8. The van der Waals surface area contributed by atoms with Crippen molar-refractivity contribution in [1.29, 1.82) is 0 Å². The Labute approximate surface area is 286 Å². The molecular weight excluding hydrogens is 665 g/mol. The smallest absolute Gasteiger partial charge is 0.264 e. The quantitative estimate of drug-likeness (QED) is 0.155. The van der Waals surface area contributed by atoms with E-state index in [1.807, 2.05) is 44.2 Å². The Kier molecular flexibility index (Phi) is 12.1. The number of carbonyl (C=O) groups excluding carboxylic acids is 2. The van der Waals surface area contributed by atoms with Gasteiger partial charge in [-0.1, -0.05) is 96.3 Å². The molecule has 0 fully saturated rings. The molecular formula is C35H36Cl3N3O4S. The molecule has 0 unspecified atom stereocenters. The fourth-order valence-corrected chi connectivity index (χ4v) is 7.15. The number of amides is 2. The maximum Gasteiger partial charge on any atom is 0.264 e. The number of aryl methyl sites for hydroxylation is 1. The van der Waals surface area contributed by atoms with Crippen LogP contribution in [0.4, 0.5) is 5.69 Å². The molecule has 0 radical (unpaired) electrons. The number of rotatable bonds is 13. The van der Waals surface area contributed by atoms with Crippen LogP contribution in [-0.2, 0) is 32.6 Å². The Bertz CT molecular complexity index is 1770. The summed E-state index contributed by atoms with van der Waals surface area (Å²) in [4.78, 5) is 30.0. The Morgan fingerprint density at radius 3 is 2.07 bits per heavy atom. The summed E-state index contributed by atoms with van der Waals surface area (Å²) in [5, 5.41) is 4.17. The molecule has 4 aromatic carbocycles. The largest absolute Gasteiger partial charge is 0.352 e. The van der Waals surface area contributed by atoms with E-state index in [9.17, 15) is 18.0 Å². The van der Waals surface area contributed by atoms with Gasteiger partial charge in [0.25, 0.3) is 10.0 Å². The van der Waals surface area contributed by atoms with Gasteiger partial charge >= 0.3 is 0 Å². The molecule has 4 rings (SSSR count). The fourth-order valence-electron chi connectivity index (χ4n) is 4.96. The molecule has 46 heavy (non-hydrogen) atoms. The normalized spacial score (nSPS) is 12.7. The van der Waals surface area contributed by atoms with E-state index < -0.39 is 28.5 Å². The molecule has 0 aromatic heterocycles. The first kappa shape index (κ1) is 35.3. The van der Waals surface area contributed by atoms with Crippen LogP contribution in [0.5, 0.6) is 0 Å². The Morgan fingerprint density at radius 2 is 1.46 bits per heavy atom. The topological polar surface area (TPSA) is 86.8 Å². The number of benzene rings is 4. The van der Waals surface area contributed by atoms with Crippen molar-refractivity contribution in [3.8, 4) is 0 Å². The average Bonchev–Trinajstić information content (AvgIpc) is 3.03. The minimum absolute atomic E-state index is 0.0137. The van der Waals surface area contributed by atoms with Crippen molar-refractivity contribution >= 4 is 62.3 Å². The Balaban J connectivity index is 1.85. The van der Waals surface area contributed by atoms with Crippen molar-refractivity contribution < 1.29 is 18.0 Å². The third-order valence-electron chi connectivity index (χ3n) is 7.67. The number of nitrogens with one attached hydrogen (secondary N) is 1. The highest BCUT2D eigenvalue weighted by molar-refractivity contribution is 7.92. The van der Waals surface area contributed by atoms with Gasteiger partial charge in [0.2, 0.25) is 11.8 Å². The van der Waals surface area contributed by atoms with Gasteiger partial charge in [-0.3, -0.25) is 13.9 Å². The van der Waals surface area contributed by atoms with Gasteiger partial charge in [-0.05, 0) is 79.4 Å². The van der Waals surface area contributed by atoms with Gasteiger partial charge in [-0.25, -0.2) is 8.42 Å². The molecule has 0 spiro atoms. The van der Waals surface area contributed by atoms with Crippen LogP contribution in [-0.4, -0.2) is 43.8 Å². The van der Waals surface area contributed by atoms with E-state index in [1.165, 1.54) is 17.0 Å². The molecule has 0 heterocycles. The summed E-state index contributed by atoms with van der Waals surface area (Å²) in [7, 11) is -4.23. The van der Waals surface area contributed by atoms with Crippen molar-refractivity contribution in [2.24, 2.45) is 0 Å². The van der Waals surface area contributed by atoms with Crippen LogP contribution in [0.1, 0.15) is 37.0 Å². The van der Waals surface area contributed by atoms with Crippen molar-refractivity contribution in [3.05, 3.63) is 129 Å². The summed E-state index contributed by atoms with van der Waals surface area (Å²) >= 11 is 19.0. The molecule has 2 atom stereocenters. The molecule has 0 saturated carbocycles. The van der Waals surface area contributed by atoms with Crippen LogP contribution in [0, 0.1) is 6.92 Å². The van der Waals surface area contributed by atoms with Gasteiger partial charge in [0.05, 0.1) is 10.6 Å². The third-order valence-corrected chi connectivity index (χ3v) is 10.3. The maximum atomic E-state index is 14.6. The van der Waals surface area contributed by atoms with E-state index in [-0.39, 0.29) is 35.5 Å². The van der Waals surface area contributed by atoms with Crippen molar-refractivity contribution in [1.82, 2.24) is 10.2 Å². The molecule has 2 amide bonds. The summed E-state index contributed by atoms with van der Waals surface area (Å²) in [6, 6.07) is 25.8. The summed E-state index contributed by atoms with van der Waals surface area (Å²) in [6.45, 7) is 4.90. The zero-order valence-electron chi connectivity index (χ0n) is 25.8. The van der Waals surface area contributed by atoms with Crippen LogP contribution in [0.15, 0.2) is 102 Å². The third kappa shape index (κ3) is 8.82. The SMILES string of the molecule is CC[C@@H](C)NC(=O)[C@@H](Cc1ccccc1)N(Cc1ccc(Cl)cc1Cl)C(=O)CN(c1ccc(Cl)cc1C)S(=O)(=O)c1ccccc1. The Morgan fingerprint density at radius 1 is 0.848 bits per heavy atom. The van der Waals surface area contributed by atoms with E-state index in [2.05, 4.69) is 5.32 Å². The molecule has 1 N–H and O–H groups in total. The average molecular weight is 701 g/mol. The van der Waals surface area contributed by atoms with Crippen LogP contribution >= 0.6 is 34.8 Å². The Hall–Kier alpha value is -3.56. The number of hydrogen-bond donors (Lipinski definition) is 1. The molecule has 4 aromatic rings. The first-order valence-corrected chi connectivity index (χ1v) is 17.4. The zero-order valence-corrected chi connectivity index (χ0v) is 28.9. The fraction of sp³-hybridized carbons (Fsp3) is 0.257. The molecule has 0 bridgehead atoms. The molecule has 0 aliphatic carbocycles. The van der Waals surface area contributed by atoms with Crippen LogP contribution < -0.4 is 9.62 Å². The number of halogens is 3. The van der Waals surface area contributed by atoms with Gasteiger partial charge in [0.1, 0.15) is 12.6 Å². The van der Waals surface area contributed by atoms with Gasteiger partial charge < -0.3 is 10.2 Å². The van der Waals surface area contributed by atoms with Crippen LogP contribution in [0.2, 0.25) is 15.1 Å². The second-order valence-corrected chi connectivity index (χ2v) is 14.2. The second-order valence-electron chi connectivity index (χ2n) is 11.0. The number of anilines is 1. The standard InChI is InChI=1S/C35H36Cl3N3O4S/c1-4-25(3)39-35(43)33(20-26-11-7-5-8-12-26)40(22-27-15-16-29(37)21-31(27)38)34(42)23-41(32-18-17-28(36)19-24(32)2)46(44,45)30-13-9-6-10-14-30/h5-19,21,25,33H,4,20,22-23H2,1-3H3,(H,39,43)/t25-,33-/m1/s1. The summed E-state index contributed by atoms with van der Waals surface area (Å²) < 4.78 is 29.4. The number of nitrogens with zero attached hydrogens (tertiary/aromatic N) is 2. The predicted octanol–water partition coefficient (Wildman–Crippen LogP) is 7.71. The zero-order chi connectivity index (χ0) is 33.4. The molecule has 0 aliphatic rings. The predicted molar refractivity (Wildman–Crippen MR) is 186 cm³/mol. The van der Waals surface area contributed by atoms with Crippen LogP contribution in [0.3, 0.4) is 0 Å². The van der Waals surface area contributed by atoms with Crippen molar-refractivity contribution in [2.45, 2.75) is 57.1 Å². The first-order chi connectivity index (χ1) is 21.9. The van der Waals surface area contributed by atoms with Gasteiger partial charge in [0, 0.05) is 34.1 Å². The van der Waals surface area contributed by atoms with E-state index in [0.29, 0.717) is 32.6 Å². The summed E-state index contributed by atoms with van der Waals surface area (Å²) in [5.74, 6) is -0.961. The highest BCUT2D eigenvalue weighted by Crippen LogP contribution is 2.30.